The van der Waals surface area contributed by atoms with E-state index in [-0.39, 0.29) is 11.8 Å². The van der Waals surface area contributed by atoms with Crippen LogP contribution >= 0.6 is 0 Å². The molecule has 23 heavy (non-hydrogen) atoms. The second-order valence-electron chi connectivity index (χ2n) is 5.38. The summed E-state index contributed by atoms with van der Waals surface area (Å²) in [6.07, 6.45) is 1.95. The van der Waals surface area contributed by atoms with Crippen LogP contribution in [0.15, 0.2) is 54.7 Å². The highest BCUT2D eigenvalue weighted by atomic mass is 16.2. The Balaban J connectivity index is 1.79. The molecule has 0 aliphatic heterocycles. The first-order valence-corrected chi connectivity index (χ1v) is 7.27. The van der Waals surface area contributed by atoms with Gasteiger partial charge in [0.25, 0.3) is 0 Å². The van der Waals surface area contributed by atoms with Gasteiger partial charge in [-0.2, -0.15) is 0 Å². The van der Waals surface area contributed by atoms with Crippen LogP contribution in [0.4, 0.5) is 16.2 Å². The minimum atomic E-state index is -0.345. The molecule has 0 atom stereocenters. The maximum Gasteiger partial charge on any atom is 0.323 e. The molecule has 0 saturated carbocycles. The normalized spacial score (nSPS) is 10.5. The minimum absolute atomic E-state index is 0.0388. The van der Waals surface area contributed by atoms with Crippen LogP contribution in [0, 0.1) is 0 Å². The van der Waals surface area contributed by atoms with Gasteiger partial charge in [-0.3, -0.25) is 4.79 Å². The first-order chi connectivity index (χ1) is 11.0. The number of hydrogen-bond donors (Lipinski definition) is 2. The van der Waals surface area contributed by atoms with Crippen molar-refractivity contribution in [2.75, 3.05) is 10.6 Å². The summed E-state index contributed by atoms with van der Waals surface area (Å²) in [7, 11) is 1.96. The van der Waals surface area contributed by atoms with Crippen molar-refractivity contribution in [3.63, 3.8) is 0 Å². The van der Waals surface area contributed by atoms with E-state index in [1.807, 2.05) is 42.1 Å². The Hall–Kier alpha value is -3.08. The number of aromatic nitrogens is 1. The number of nitrogens with one attached hydrogen (secondary N) is 2. The molecule has 5 heteroatoms. The number of hydrogen-bond acceptors (Lipinski definition) is 2. The fourth-order valence-electron chi connectivity index (χ4n) is 2.51. The number of rotatable bonds is 3. The molecule has 0 saturated heterocycles. The monoisotopic (exact) mass is 307 g/mol. The molecule has 3 rings (SSSR count). The van der Waals surface area contributed by atoms with Gasteiger partial charge in [0, 0.05) is 35.4 Å². The van der Waals surface area contributed by atoms with E-state index in [1.165, 1.54) is 6.92 Å². The van der Waals surface area contributed by atoms with Crippen molar-refractivity contribution in [1.82, 2.24) is 4.57 Å². The number of fused-ring (bicyclic) bond motifs is 1. The van der Waals surface area contributed by atoms with E-state index in [2.05, 4.69) is 10.6 Å². The average Bonchev–Trinajstić information content (AvgIpc) is 2.90. The summed E-state index contributed by atoms with van der Waals surface area (Å²) in [5, 5.41) is 6.57. The van der Waals surface area contributed by atoms with Crippen molar-refractivity contribution in [3.05, 3.63) is 60.3 Å². The quantitative estimate of drug-likeness (QED) is 0.718. The maximum absolute atomic E-state index is 12.2. The summed E-state index contributed by atoms with van der Waals surface area (Å²) in [6.45, 7) is 1.50. The van der Waals surface area contributed by atoms with Crippen molar-refractivity contribution in [2.45, 2.75) is 6.92 Å². The fourth-order valence-corrected chi connectivity index (χ4v) is 2.51. The van der Waals surface area contributed by atoms with Gasteiger partial charge in [-0.25, -0.2) is 4.79 Å². The Labute approximate surface area is 133 Å². The molecule has 0 aliphatic rings. The predicted molar refractivity (Wildman–Crippen MR) is 92.0 cm³/mol. The van der Waals surface area contributed by atoms with Gasteiger partial charge in [0.15, 0.2) is 5.78 Å². The lowest BCUT2D eigenvalue weighted by molar-refractivity contribution is 0.101. The zero-order valence-corrected chi connectivity index (χ0v) is 13.0. The van der Waals surface area contributed by atoms with Gasteiger partial charge >= 0.3 is 6.03 Å². The summed E-state index contributed by atoms with van der Waals surface area (Å²) < 4.78 is 1.99. The number of amides is 2. The second-order valence-corrected chi connectivity index (χ2v) is 5.38. The van der Waals surface area contributed by atoms with E-state index in [0.29, 0.717) is 11.3 Å². The summed E-state index contributed by atoms with van der Waals surface area (Å²) in [5.74, 6) is -0.0388. The molecule has 0 bridgehead atoms. The summed E-state index contributed by atoms with van der Waals surface area (Å²) in [5.41, 5.74) is 2.92. The Kier molecular flexibility index (Phi) is 3.85. The molecular weight excluding hydrogens is 290 g/mol. The third kappa shape index (κ3) is 3.08. The topological polar surface area (TPSA) is 63.1 Å². The molecule has 1 heterocycles. The van der Waals surface area contributed by atoms with Gasteiger partial charge in [-0.05, 0) is 37.3 Å². The molecule has 0 aliphatic carbocycles. The number of ketones is 1. The molecule has 0 radical (unpaired) electrons. The minimum Gasteiger partial charge on any atom is -0.350 e. The van der Waals surface area contributed by atoms with Gasteiger partial charge in [-0.15, -0.1) is 0 Å². The van der Waals surface area contributed by atoms with E-state index in [4.69, 9.17) is 0 Å². The number of urea groups is 1. The number of nitrogens with zero attached hydrogens (tertiary/aromatic N) is 1. The van der Waals surface area contributed by atoms with Crippen LogP contribution in [0.3, 0.4) is 0 Å². The molecule has 3 aromatic rings. The van der Waals surface area contributed by atoms with Crippen LogP contribution in [-0.4, -0.2) is 16.4 Å². The van der Waals surface area contributed by atoms with Gasteiger partial charge < -0.3 is 15.2 Å². The van der Waals surface area contributed by atoms with E-state index < -0.39 is 0 Å². The van der Waals surface area contributed by atoms with Crippen molar-refractivity contribution >= 4 is 34.1 Å². The van der Waals surface area contributed by atoms with Crippen molar-refractivity contribution in [3.8, 4) is 0 Å². The predicted octanol–water partition coefficient (Wildman–Crippen LogP) is 4.02. The molecule has 2 aromatic carbocycles. The number of Topliss-reactive ketones (excluding diaryl/α,β-unsaturated/α-hetero) is 1. The van der Waals surface area contributed by atoms with Crippen LogP contribution in [0.5, 0.6) is 0 Å². The molecule has 0 spiro atoms. The average molecular weight is 307 g/mol. The molecule has 0 unspecified atom stereocenters. The third-order valence-electron chi connectivity index (χ3n) is 3.70. The van der Waals surface area contributed by atoms with Crippen molar-refractivity contribution in [1.29, 1.82) is 0 Å². The Bertz CT molecular complexity index is 896. The zero-order chi connectivity index (χ0) is 16.4. The smallest absolute Gasteiger partial charge is 0.323 e. The Morgan fingerprint density at radius 3 is 2.57 bits per heavy atom. The van der Waals surface area contributed by atoms with Crippen molar-refractivity contribution in [2.24, 2.45) is 7.05 Å². The highest BCUT2D eigenvalue weighted by molar-refractivity contribution is 6.06. The first kappa shape index (κ1) is 14.8. The first-order valence-electron chi connectivity index (χ1n) is 7.27. The number of carbonyl (C=O) groups excluding carboxylic acids is 2. The van der Waals surface area contributed by atoms with E-state index in [0.717, 1.165) is 16.6 Å². The molecule has 116 valence electrons. The lowest BCUT2D eigenvalue weighted by Gasteiger charge is -2.09. The number of benzene rings is 2. The van der Waals surface area contributed by atoms with Crippen LogP contribution in [-0.2, 0) is 7.05 Å². The van der Waals surface area contributed by atoms with E-state index >= 15 is 0 Å². The number of aryl methyl sites for hydroxylation is 1. The SMILES string of the molecule is CC(=O)c1cccc(NC(=O)Nc2cccc3c2ccn3C)c1. The van der Waals surface area contributed by atoms with E-state index in [9.17, 15) is 9.59 Å². The van der Waals surface area contributed by atoms with Gasteiger partial charge in [0.05, 0.1) is 5.69 Å². The summed E-state index contributed by atoms with van der Waals surface area (Å²) in [4.78, 5) is 23.6. The van der Waals surface area contributed by atoms with Crippen molar-refractivity contribution < 1.29 is 9.59 Å². The molecule has 1 aromatic heterocycles. The molecule has 0 fully saturated rings. The number of carbonyl (C=O) groups is 2. The standard InChI is InChI=1S/C18H17N3O2/c1-12(22)13-5-3-6-14(11-13)19-18(23)20-16-7-4-8-17-15(16)9-10-21(17)2/h3-11H,1-2H3,(H2,19,20,23). The van der Waals surface area contributed by atoms with Crippen LogP contribution in [0.2, 0.25) is 0 Å². The second kappa shape index (κ2) is 5.96. The molecule has 2 amide bonds. The Morgan fingerprint density at radius 1 is 1.00 bits per heavy atom. The molecular formula is C18H17N3O2. The largest absolute Gasteiger partial charge is 0.350 e. The van der Waals surface area contributed by atoms with Gasteiger partial charge in [-0.1, -0.05) is 18.2 Å². The lowest BCUT2D eigenvalue weighted by Crippen LogP contribution is -2.19. The highest BCUT2D eigenvalue weighted by Gasteiger charge is 2.08. The zero-order valence-electron chi connectivity index (χ0n) is 13.0. The van der Waals surface area contributed by atoms with Crippen LogP contribution in [0.1, 0.15) is 17.3 Å². The van der Waals surface area contributed by atoms with Crippen LogP contribution < -0.4 is 10.6 Å². The number of anilines is 2. The third-order valence-corrected chi connectivity index (χ3v) is 3.70. The fraction of sp³-hybridized carbons (Fsp3) is 0.111. The summed E-state index contributed by atoms with van der Waals surface area (Å²) in [6, 6.07) is 14.2. The van der Waals surface area contributed by atoms with E-state index in [1.54, 1.807) is 24.3 Å². The molecule has 5 nitrogen and oxygen atoms in total. The molecule has 2 N–H and O–H groups in total. The highest BCUT2D eigenvalue weighted by Crippen LogP contribution is 2.24. The maximum atomic E-state index is 12.2. The van der Waals surface area contributed by atoms with Gasteiger partial charge in [0.2, 0.25) is 0 Å². The summed E-state index contributed by atoms with van der Waals surface area (Å²) >= 11 is 0. The Morgan fingerprint density at radius 2 is 1.78 bits per heavy atom. The van der Waals surface area contributed by atoms with Crippen LogP contribution in [0.25, 0.3) is 10.9 Å². The lowest BCUT2D eigenvalue weighted by atomic mass is 10.1. The van der Waals surface area contributed by atoms with Gasteiger partial charge in [0.1, 0.15) is 0 Å².